The van der Waals surface area contributed by atoms with E-state index < -0.39 is 0 Å². The molecule has 1 heterocycles. The second kappa shape index (κ2) is 5.10. The van der Waals surface area contributed by atoms with Gasteiger partial charge in [0.25, 0.3) is 5.91 Å². The van der Waals surface area contributed by atoms with Crippen LogP contribution < -0.4 is 5.73 Å². The predicted molar refractivity (Wildman–Crippen MR) is 70.2 cm³/mol. The lowest BCUT2D eigenvalue weighted by atomic mass is 10.0. The Morgan fingerprint density at radius 3 is 2.89 bits per heavy atom. The molecule has 100 valence electrons. The first-order valence-corrected chi connectivity index (χ1v) is 6.52. The van der Waals surface area contributed by atoms with Crippen LogP contribution in [-0.4, -0.2) is 40.2 Å². The van der Waals surface area contributed by atoms with Crippen molar-refractivity contribution in [2.45, 2.75) is 32.2 Å². The zero-order valence-corrected chi connectivity index (χ0v) is 11.4. The van der Waals surface area contributed by atoms with Crippen LogP contribution in [0.3, 0.4) is 0 Å². The van der Waals surface area contributed by atoms with E-state index in [1.807, 2.05) is 32.0 Å². The average molecular weight is 250 g/mol. The summed E-state index contributed by atoms with van der Waals surface area (Å²) in [6.45, 7) is 2.56. The van der Waals surface area contributed by atoms with Crippen molar-refractivity contribution in [3.8, 4) is 0 Å². The summed E-state index contributed by atoms with van der Waals surface area (Å²) < 4.78 is 1.65. The average Bonchev–Trinajstić information content (AvgIpc) is 2.93. The van der Waals surface area contributed by atoms with Crippen molar-refractivity contribution < 1.29 is 4.79 Å². The van der Waals surface area contributed by atoms with Crippen LogP contribution in [0.1, 0.15) is 35.4 Å². The molecular weight excluding hydrogens is 228 g/mol. The summed E-state index contributed by atoms with van der Waals surface area (Å²) in [6, 6.07) is 2.11. The smallest absolute Gasteiger partial charge is 0.272 e. The van der Waals surface area contributed by atoms with Crippen molar-refractivity contribution in [3.05, 3.63) is 17.5 Å². The summed E-state index contributed by atoms with van der Waals surface area (Å²) in [7, 11) is 3.69. The van der Waals surface area contributed by atoms with E-state index in [2.05, 4.69) is 5.10 Å². The third-order valence-electron chi connectivity index (χ3n) is 3.96. The van der Waals surface area contributed by atoms with Gasteiger partial charge >= 0.3 is 0 Å². The molecule has 18 heavy (non-hydrogen) atoms. The minimum atomic E-state index is 0.0449. The molecule has 0 aromatic carbocycles. The molecule has 0 spiro atoms. The summed E-state index contributed by atoms with van der Waals surface area (Å²) in [4.78, 5) is 14.3. The van der Waals surface area contributed by atoms with Gasteiger partial charge in [-0.3, -0.25) is 9.48 Å². The maximum absolute atomic E-state index is 12.5. The molecule has 1 fully saturated rings. The van der Waals surface area contributed by atoms with Crippen molar-refractivity contribution in [1.82, 2.24) is 14.7 Å². The Bertz CT molecular complexity index is 440. The van der Waals surface area contributed by atoms with Crippen molar-refractivity contribution >= 4 is 5.91 Å². The largest absolute Gasteiger partial charge is 0.337 e. The Morgan fingerprint density at radius 1 is 1.61 bits per heavy atom. The van der Waals surface area contributed by atoms with E-state index in [1.165, 1.54) is 0 Å². The molecule has 2 rings (SSSR count). The van der Waals surface area contributed by atoms with Gasteiger partial charge in [0.1, 0.15) is 5.69 Å². The number of carbonyl (C=O) groups excluding carboxylic acids is 1. The maximum atomic E-state index is 12.5. The van der Waals surface area contributed by atoms with E-state index in [4.69, 9.17) is 5.73 Å². The molecule has 5 heteroatoms. The lowest BCUT2D eigenvalue weighted by Crippen LogP contribution is -2.42. The van der Waals surface area contributed by atoms with Crippen LogP contribution in [0.25, 0.3) is 0 Å². The van der Waals surface area contributed by atoms with Gasteiger partial charge in [-0.15, -0.1) is 0 Å². The molecular formula is C13H22N4O. The number of nitrogens with two attached hydrogens (primary N) is 1. The van der Waals surface area contributed by atoms with Gasteiger partial charge in [-0.05, 0) is 38.3 Å². The van der Waals surface area contributed by atoms with Gasteiger partial charge < -0.3 is 10.6 Å². The third kappa shape index (κ3) is 2.27. The number of carbonyl (C=O) groups is 1. The molecule has 0 bridgehead atoms. The summed E-state index contributed by atoms with van der Waals surface area (Å²) in [6.07, 6.45) is 3.35. The van der Waals surface area contributed by atoms with E-state index in [9.17, 15) is 4.79 Å². The number of amides is 1. The molecule has 5 nitrogen and oxygen atoms in total. The van der Waals surface area contributed by atoms with Crippen LogP contribution in [0, 0.1) is 12.8 Å². The molecule has 0 aliphatic heterocycles. The fourth-order valence-electron chi connectivity index (χ4n) is 2.94. The van der Waals surface area contributed by atoms with E-state index in [1.54, 1.807) is 4.68 Å². The Balaban J connectivity index is 2.16. The second-order valence-electron chi connectivity index (χ2n) is 5.20. The highest BCUT2D eigenvalue weighted by Gasteiger charge is 2.32. The Labute approximate surface area is 108 Å². The highest BCUT2D eigenvalue weighted by molar-refractivity contribution is 5.92. The maximum Gasteiger partial charge on any atom is 0.272 e. The zero-order valence-electron chi connectivity index (χ0n) is 11.4. The van der Waals surface area contributed by atoms with Gasteiger partial charge in [0.2, 0.25) is 0 Å². The zero-order chi connectivity index (χ0) is 13.3. The van der Waals surface area contributed by atoms with Crippen molar-refractivity contribution in [1.29, 1.82) is 0 Å². The van der Waals surface area contributed by atoms with E-state index in [0.717, 1.165) is 25.0 Å². The van der Waals surface area contributed by atoms with Gasteiger partial charge in [-0.1, -0.05) is 6.42 Å². The molecule has 2 unspecified atom stereocenters. The topological polar surface area (TPSA) is 64.2 Å². The summed E-state index contributed by atoms with van der Waals surface area (Å²) >= 11 is 0. The van der Waals surface area contributed by atoms with Gasteiger partial charge in [0.05, 0.1) is 5.69 Å². The van der Waals surface area contributed by atoms with E-state index in [-0.39, 0.29) is 11.9 Å². The molecule has 2 N–H and O–H groups in total. The number of hydrogen-bond acceptors (Lipinski definition) is 3. The van der Waals surface area contributed by atoms with Gasteiger partial charge in [0.15, 0.2) is 0 Å². The standard InChI is InChI=1S/C13H22N4O/c1-9-7-12(17(3)15-9)13(18)16(2)11-6-4-5-10(11)8-14/h7,10-11H,4-6,8,14H2,1-3H3. The Kier molecular flexibility index (Phi) is 3.71. The molecule has 1 aromatic heterocycles. The molecule has 1 amide bonds. The first kappa shape index (κ1) is 13.1. The predicted octanol–water partition coefficient (Wildman–Crippen LogP) is 0.928. The van der Waals surface area contributed by atoms with Crippen LogP contribution in [0.5, 0.6) is 0 Å². The van der Waals surface area contributed by atoms with E-state index in [0.29, 0.717) is 18.2 Å². The first-order chi connectivity index (χ1) is 8.54. The van der Waals surface area contributed by atoms with Crippen molar-refractivity contribution in [2.24, 2.45) is 18.7 Å². The highest BCUT2D eigenvalue weighted by atomic mass is 16.2. The summed E-state index contributed by atoms with van der Waals surface area (Å²) in [5.41, 5.74) is 7.30. The van der Waals surface area contributed by atoms with Gasteiger partial charge in [-0.2, -0.15) is 5.10 Å². The monoisotopic (exact) mass is 250 g/mol. The minimum Gasteiger partial charge on any atom is -0.337 e. The highest BCUT2D eigenvalue weighted by Crippen LogP contribution is 2.29. The summed E-state index contributed by atoms with van der Waals surface area (Å²) in [5, 5.41) is 4.22. The van der Waals surface area contributed by atoms with Crippen LogP contribution in [0.2, 0.25) is 0 Å². The molecule has 0 saturated heterocycles. The number of hydrogen-bond donors (Lipinski definition) is 1. The molecule has 0 radical (unpaired) electrons. The number of aryl methyl sites for hydroxylation is 2. The molecule has 2 atom stereocenters. The number of aromatic nitrogens is 2. The molecule has 1 saturated carbocycles. The summed E-state index contributed by atoms with van der Waals surface area (Å²) in [5.74, 6) is 0.483. The van der Waals surface area contributed by atoms with Gasteiger partial charge in [0, 0.05) is 20.1 Å². The lowest BCUT2D eigenvalue weighted by molar-refractivity contribution is 0.0688. The number of nitrogens with zero attached hydrogens (tertiary/aromatic N) is 3. The van der Waals surface area contributed by atoms with Crippen LogP contribution in [0.15, 0.2) is 6.07 Å². The second-order valence-corrected chi connectivity index (χ2v) is 5.20. The van der Waals surface area contributed by atoms with Gasteiger partial charge in [-0.25, -0.2) is 0 Å². The SMILES string of the molecule is Cc1cc(C(=O)N(C)C2CCCC2CN)n(C)n1. The minimum absolute atomic E-state index is 0.0449. The van der Waals surface area contributed by atoms with Crippen LogP contribution >= 0.6 is 0 Å². The fourth-order valence-corrected chi connectivity index (χ4v) is 2.94. The molecule has 1 aliphatic carbocycles. The van der Waals surface area contributed by atoms with E-state index >= 15 is 0 Å². The lowest BCUT2D eigenvalue weighted by Gasteiger charge is -2.29. The Morgan fingerprint density at radius 2 is 2.33 bits per heavy atom. The quantitative estimate of drug-likeness (QED) is 0.868. The van der Waals surface area contributed by atoms with Crippen molar-refractivity contribution in [3.63, 3.8) is 0 Å². The van der Waals surface area contributed by atoms with Crippen molar-refractivity contribution in [2.75, 3.05) is 13.6 Å². The molecule has 1 aromatic rings. The van der Waals surface area contributed by atoms with Crippen LogP contribution in [0.4, 0.5) is 0 Å². The number of rotatable bonds is 3. The third-order valence-corrected chi connectivity index (χ3v) is 3.96. The molecule has 1 aliphatic rings. The fraction of sp³-hybridized carbons (Fsp3) is 0.692. The van der Waals surface area contributed by atoms with Crippen LogP contribution in [-0.2, 0) is 7.05 Å². The normalized spacial score (nSPS) is 23.3. The Hall–Kier alpha value is -1.36. The first-order valence-electron chi connectivity index (χ1n) is 6.52.